The number of hydrogen-bond donors (Lipinski definition) is 2. The van der Waals surface area contributed by atoms with E-state index in [1.165, 1.54) is 23.1 Å². The number of thiophene rings is 1. The molecule has 0 radical (unpaired) electrons. The number of thioether (sulfide) groups is 1. The van der Waals surface area contributed by atoms with E-state index in [1.807, 2.05) is 43.3 Å². The van der Waals surface area contributed by atoms with Crippen LogP contribution in [0.25, 0.3) is 20.9 Å². The van der Waals surface area contributed by atoms with E-state index >= 15 is 0 Å². The van der Waals surface area contributed by atoms with Gasteiger partial charge in [0.2, 0.25) is 5.91 Å². The topological polar surface area (TPSA) is 98.7 Å². The molecule has 0 unspecified atom stereocenters. The number of fused-ring (bicyclic) bond motifs is 1. The largest absolute Gasteiger partial charge is 0.397 e. The fourth-order valence-corrected chi connectivity index (χ4v) is 5.12. The van der Waals surface area contributed by atoms with Crippen LogP contribution < -0.4 is 11.1 Å². The lowest BCUT2D eigenvalue weighted by atomic mass is 10.2. The molecule has 1 amide bonds. The number of pyridine rings is 1. The lowest BCUT2D eigenvalue weighted by molar-refractivity contribution is -0.113. The quantitative estimate of drug-likeness (QED) is 0.432. The second-order valence-corrected chi connectivity index (χ2v) is 9.25. The number of carbonyl (C=O) groups is 1. The average molecular weight is 437 g/mol. The number of amides is 1. The van der Waals surface area contributed by atoms with Crippen molar-refractivity contribution in [2.75, 3.05) is 16.8 Å². The highest BCUT2D eigenvalue weighted by Gasteiger charge is 2.32. The van der Waals surface area contributed by atoms with Gasteiger partial charge in [-0.25, -0.2) is 4.98 Å². The summed E-state index contributed by atoms with van der Waals surface area (Å²) in [5.74, 6) is 0.961. The number of nitrogens with zero attached hydrogens (tertiary/aromatic N) is 4. The van der Waals surface area contributed by atoms with Crippen LogP contribution in [0.15, 0.2) is 47.8 Å². The molecule has 3 aromatic heterocycles. The maximum absolute atomic E-state index is 12.4. The molecular formula is C21H20N6OS2. The molecule has 9 heteroatoms. The molecule has 1 aromatic carbocycles. The van der Waals surface area contributed by atoms with Gasteiger partial charge in [-0.2, -0.15) is 0 Å². The van der Waals surface area contributed by atoms with E-state index < -0.39 is 0 Å². The van der Waals surface area contributed by atoms with Crippen molar-refractivity contribution in [2.24, 2.45) is 0 Å². The Morgan fingerprint density at radius 3 is 2.80 bits per heavy atom. The van der Waals surface area contributed by atoms with Crippen molar-refractivity contribution in [3.63, 3.8) is 0 Å². The van der Waals surface area contributed by atoms with Crippen LogP contribution in [-0.2, 0) is 4.79 Å². The van der Waals surface area contributed by atoms with Gasteiger partial charge in [-0.15, -0.1) is 21.5 Å². The number of nitrogen functional groups attached to an aromatic ring is 1. The van der Waals surface area contributed by atoms with Crippen molar-refractivity contribution in [3.05, 3.63) is 48.2 Å². The van der Waals surface area contributed by atoms with Crippen LogP contribution in [0.5, 0.6) is 0 Å². The molecule has 1 aliphatic carbocycles. The van der Waals surface area contributed by atoms with Crippen LogP contribution >= 0.6 is 23.1 Å². The molecule has 3 heterocycles. The number of aryl methyl sites for hydroxylation is 1. The Balaban J connectivity index is 1.37. The SMILES string of the molecule is Cc1ccc(NC(=O)CSc2nnc(-c3sc4ncccc4c3N)n2C2CC2)cc1. The molecule has 0 saturated heterocycles. The summed E-state index contributed by atoms with van der Waals surface area (Å²) in [4.78, 5) is 18.6. The number of aromatic nitrogens is 4. The van der Waals surface area contributed by atoms with E-state index in [9.17, 15) is 4.79 Å². The molecule has 1 saturated carbocycles. The summed E-state index contributed by atoms with van der Waals surface area (Å²) in [6, 6.07) is 12.0. The predicted octanol–water partition coefficient (Wildman–Crippen LogP) is 4.51. The molecule has 1 aliphatic rings. The third-order valence-electron chi connectivity index (χ3n) is 4.95. The standard InChI is InChI=1S/C21H20N6OS2/c1-12-4-6-13(7-5-12)24-16(28)11-29-21-26-25-19(27(21)14-8-9-14)18-17(22)15-3-2-10-23-20(15)30-18/h2-7,10,14H,8-9,11,22H2,1H3,(H,24,28). The molecule has 0 bridgehead atoms. The second-order valence-electron chi connectivity index (χ2n) is 7.31. The molecule has 1 fully saturated rings. The molecule has 0 atom stereocenters. The van der Waals surface area contributed by atoms with Crippen molar-refractivity contribution >= 4 is 50.6 Å². The van der Waals surface area contributed by atoms with Gasteiger partial charge in [0.15, 0.2) is 11.0 Å². The normalized spacial score (nSPS) is 13.6. The fraction of sp³-hybridized carbons (Fsp3) is 0.238. The van der Waals surface area contributed by atoms with Gasteiger partial charge >= 0.3 is 0 Å². The van der Waals surface area contributed by atoms with Crippen LogP contribution in [0.1, 0.15) is 24.4 Å². The Labute approximate surface area is 181 Å². The molecule has 4 aromatic rings. The highest BCUT2D eigenvalue weighted by molar-refractivity contribution is 7.99. The first-order valence-corrected chi connectivity index (χ1v) is 11.5. The van der Waals surface area contributed by atoms with Gasteiger partial charge in [0, 0.05) is 23.3 Å². The van der Waals surface area contributed by atoms with Crippen molar-refractivity contribution < 1.29 is 4.79 Å². The number of anilines is 2. The minimum atomic E-state index is -0.0682. The van der Waals surface area contributed by atoms with Crippen molar-refractivity contribution in [1.82, 2.24) is 19.7 Å². The summed E-state index contributed by atoms with van der Waals surface area (Å²) in [7, 11) is 0. The zero-order valence-corrected chi connectivity index (χ0v) is 18.0. The van der Waals surface area contributed by atoms with E-state index in [2.05, 4.69) is 25.1 Å². The first-order valence-electron chi connectivity index (χ1n) is 9.68. The van der Waals surface area contributed by atoms with Gasteiger partial charge < -0.3 is 11.1 Å². The Morgan fingerprint density at radius 2 is 2.07 bits per heavy atom. The Bertz CT molecular complexity index is 1230. The van der Waals surface area contributed by atoms with E-state index in [4.69, 9.17) is 5.73 Å². The first-order chi connectivity index (χ1) is 14.6. The third kappa shape index (κ3) is 3.66. The summed E-state index contributed by atoms with van der Waals surface area (Å²) in [6.07, 6.45) is 3.93. The summed E-state index contributed by atoms with van der Waals surface area (Å²) < 4.78 is 2.13. The Morgan fingerprint density at radius 1 is 1.27 bits per heavy atom. The predicted molar refractivity (Wildman–Crippen MR) is 122 cm³/mol. The molecule has 3 N–H and O–H groups in total. The molecule has 5 rings (SSSR count). The van der Waals surface area contributed by atoms with Crippen LogP contribution in [0.4, 0.5) is 11.4 Å². The number of hydrogen-bond acceptors (Lipinski definition) is 7. The van der Waals surface area contributed by atoms with Crippen molar-refractivity contribution in [2.45, 2.75) is 31.0 Å². The molecule has 30 heavy (non-hydrogen) atoms. The van der Waals surface area contributed by atoms with Gasteiger partial charge in [-0.05, 0) is 44.0 Å². The maximum Gasteiger partial charge on any atom is 0.234 e. The Hall–Kier alpha value is -2.91. The highest BCUT2D eigenvalue weighted by atomic mass is 32.2. The minimum Gasteiger partial charge on any atom is -0.397 e. The second kappa shape index (κ2) is 7.73. The van der Waals surface area contributed by atoms with Crippen molar-refractivity contribution in [1.29, 1.82) is 0 Å². The summed E-state index contributed by atoms with van der Waals surface area (Å²) >= 11 is 2.93. The van der Waals surface area contributed by atoms with Gasteiger partial charge in [0.1, 0.15) is 4.83 Å². The van der Waals surface area contributed by atoms with Crippen LogP contribution in [0, 0.1) is 6.92 Å². The smallest absolute Gasteiger partial charge is 0.234 e. The van der Waals surface area contributed by atoms with Gasteiger partial charge in [0.05, 0.1) is 16.3 Å². The minimum absolute atomic E-state index is 0.0682. The Kier molecular flexibility index (Phi) is 4.92. The van der Waals surface area contributed by atoms with Crippen LogP contribution in [-0.4, -0.2) is 31.4 Å². The van der Waals surface area contributed by atoms with E-state index in [-0.39, 0.29) is 11.7 Å². The van der Waals surface area contributed by atoms with E-state index in [1.54, 1.807) is 6.20 Å². The summed E-state index contributed by atoms with van der Waals surface area (Å²) in [6.45, 7) is 2.02. The van der Waals surface area contributed by atoms with E-state index in [0.29, 0.717) is 11.7 Å². The number of nitrogens with one attached hydrogen (secondary N) is 1. The lowest BCUT2D eigenvalue weighted by Crippen LogP contribution is -2.14. The zero-order chi connectivity index (χ0) is 20.7. The van der Waals surface area contributed by atoms with Gasteiger partial charge in [-0.1, -0.05) is 29.5 Å². The average Bonchev–Trinajstić information content (AvgIpc) is 3.42. The van der Waals surface area contributed by atoms with Crippen LogP contribution in [0.3, 0.4) is 0 Å². The maximum atomic E-state index is 12.4. The lowest BCUT2D eigenvalue weighted by Gasteiger charge is -2.09. The zero-order valence-electron chi connectivity index (χ0n) is 16.3. The summed E-state index contributed by atoms with van der Waals surface area (Å²) in [5.41, 5.74) is 9.04. The number of benzene rings is 1. The number of nitrogens with two attached hydrogens (primary N) is 1. The highest BCUT2D eigenvalue weighted by Crippen LogP contribution is 2.45. The van der Waals surface area contributed by atoms with Gasteiger partial charge in [-0.3, -0.25) is 9.36 Å². The van der Waals surface area contributed by atoms with Crippen molar-refractivity contribution in [3.8, 4) is 10.7 Å². The number of carbonyl (C=O) groups excluding carboxylic acids is 1. The molecule has 7 nitrogen and oxygen atoms in total. The van der Waals surface area contributed by atoms with Gasteiger partial charge in [0.25, 0.3) is 0 Å². The molecule has 0 aliphatic heterocycles. The fourth-order valence-electron chi connectivity index (χ4n) is 3.27. The first kappa shape index (κ1) is 19.1. The summed E-state index contributed by atoms with van der Waals surface area (Å²) in [5, 5.41) is 13.4. The molecule has 152 valence electrons. The van der Waals surface area contributed by atoms with Crippen LogP contribution in [0.2, 0.25) is 0 Å². The molecular weight excluding hydrogens is 416 g/mol. The third-order valence-corrected chi connectivity index (χ3v) is 7.02. The molecule has 0 spiro atoms. The monoisotopic (exact) mass is 436 g/mol. The number of rotatable bonds is 6. The van der Waals surface area contributed by atoms with E-state index in [0.717, 1.165) is 50.2 Å².